The molecular formula is C13H9ClN2O. The molecule has 0 atom stereocenters. The summed E-state index contributed by atoms with van der Waals surface area (Å²) in [5, 5.41) is 2.71. The summed E-state index contributed by atoms with van der Waals surface area (Å²) in [7, 11) is 0. The molecule has 0 aliphatic rings. The van der Waals surface area contributed by atoms with Gasteiger partial charge in [-0.3, -0.25) is 9.20 Å². The zero-order valence-electron chi connectivity index (χ0n) is 9.14. The number of carbonyl (C=O) groups excluding carboxylic acids is 1. The van der Waals surface area contributed by atoms with Crippen molar-refractivity contribution in [1.82, 2.24) is 9.38 Å². The fraction of sp³-hybridized carbons (Fsp3) is 0.0769. The molecule has 17 heavy (non-hydrogen) atoms. The van der Waals surface area contributed by atoms with E-state index < -0.39 is 0 Å². The van der Waals surface area contributed by atoms with Gasteiger partial charge in [0.15, 0.2) is 6.29 Å². The van der Waals surface area contributed by atoms with Crippen LogP contribution in [0.4, 0.5) is 0 Å². The Morgan fingerprint density at radius 2 is 2.18 bits per heavy atom. The summed E-state index contributed by atoms with van der Waals surface area (Å²) < 4.78 is 1.80. The molecule has 0 aliphatic heterocycles. The van der Waals surface area contributed by atoms with Crippen LogP contribution in [0, 0.1) is 6.92 Å². The second kappa shape index (κ2) is 3.57. The SMILES string of the molecule is Cc1nc2c3ccc(Cl)cc3ccn2c1C=O. The van der Waals surface area contributed by atoms with E-state index in [0.29, 0.717) is 10.7 Å². The van der Waals surface area contributed by atoms with E-state index in [2.05, 4.69) is 4.98 Å². The fourth-order valence-electron chi connectivity index (χ4n) is 2.07. The number of benzene rings is 1. The van der Waals surface area contributed by atoms with Gasteiger partial charge in [0, 0.05) is 16.6 Å². The second-order valence-corrected chi connectivity index (χ2v) is 4.38. The van der Waals surface area contributed by atoms with E-state index in [-0.39, 0.29) is 0 Å². The minimum atomic E-state index is 0.594. The highest BCUT2D eigenvalue weighted by atomic mass is 35.5. The van der Waals surface area contributed by atoms with Gasteiger partial charge in [0.1, 0.15) is 11.3 Å². The van der Waals surface area contributed by atoms with Crippen molar-refractivity contribution >= 4 is 34.3 Å². The fourth-order valence-corrected chi connectivity index (χ4v) is 2.25. The van der Waals surface area contributed by atoms with Crippen LogP contribution in [0.1, 0.15) is 16.2 Å². The normalized spacial score (nSPS) is 11.2. The molecular weight excluding hydrogens is 236 g/mol. The van der Waals surface area contributed by atoms with Crippen molar-refractivity contribution in [1.29, 1.82) is 0 Å². The third-order valence-electron chi connectivity index (χ3n) is 2.90. The van der Waals surface area contributed by atoms with Gasteiger partial charge in [0.05, 0.1) is 5.69 Å². The molecule has 0 amide bonds. The Morgan fingerprint density at radius 3 is 2.94 bits per heavy atom. The van der Waals surface area contributed by atoms with Crippen molar-refractivity contribution < 1.29 is 4.79 Å². The molecule has 0 radical (unpaired) electrons. The third-order valence-corrected chi connectivity index (χ3v) is 3.14. The molecule has 3 rings (SSSR count). The maximum atomic E-state index is 11.0. The number of halogens is 1. The van der Waals surface area contributed by atoms with Gasteiger partial charge in [-0.15, -0.1) is 0 Å². The molecule has 1 aromatic carbocycles. The van der Waals surface area contributed by atoms with Crippen LogP contribution < -0.4 is 0 Å². The van der Waals surface area contributed by atoms with Gasteiger partial charge in [-0.05, 0) is 36.6 Å². The first-order chi connectivity index (χ1) is 8.20. The number of aldehydes is 1. The summed E-state index contributed by atoms with van der Waals surface area (Å²) in [6.07, 6.45) is 2.68. The first-order valence-electron chi connectivity index (χ1n) is 5.23. The molecule has 4 heteroatoms. The van der Waals surface area contributed by atoms with Crippen molar-refractivity contribution in [2.45, 2.75) is 6.92 Å². The van der Waals surface area contributed by atoms with Crippen molar-refractivity contribution in [3.05, 3.63) is 46.9 Å². The van der Waals surface area contributed by atoms with Gasteiger partial charge in [0.2, 0.25) is 0 Å². The Kier molecular flexibility index (Phi) is 2.16. The Labute approximate surface area is 103 Å². The molecule has 0 N–H and O–H groups in total. The molecule has 0 fully saturated rings. The highest BCUT2D eigenvalue weighted by molar-refractivity contribution is 6.31. The van der Waals surface area contributed by atoms with Crippen LogP contribution in [0.5, 0.6) is 0 Å². The molecule has 0 saturated heterocycles. The second-order valence-electron chi connectivity index (χ2n) is 3.94. The summed E-state index contributed by atoms with van der Waals surface area (Å²) in [5.41, 5.74) is 2.12. The summed E-state index contributed by atoms with van der Waals surface area (Å²) in [6.45, 7) is 1.83. The van der Waals surface area contributed by atoms with Gasteiger partial charge < -0.3 is 0 Å². The van der Waals surface area contributed by atoms with E-state index >= 15 is 0 Å². The molecule has 3 nitrogen and oxygen atoms in total. The van der Waals surface area contributed by atoms with Crippen LogP contribution in [-0.4, -0.2) is 15.7 Å². The van der Waals surface area contributed by atoms with Crippen molar-refractivity contribution in [3.8, 4) is 0 Å². The van der Waals surface area contributed by atoms with Gasteiger partial charge in [-0.1, -0.05) is 11.6 Å². The summed E-state index contributed by atoms with van der Waals surface area (Å²) in [6, 6.07) is 7.58. The quantitative estimate of drug-likeness (QED) is 0.616. The van der Waals surface area contributed by atoms with Crippen LogP contribution in [0.15, 0.2) is 30.5 Å². The molecule has 2 aromatic heterocycles. The molecule has 0 aliphatic carbocycles. The first kappa shape index (κ1) is 10.3. The minimum absolute atomic E-state index is 0.594. The number of pyridine rings is 1. The van der Waals surface area contributed by atoms with Gasteiger partial charge >= 0.3 is 0 Å². The summed E-state index contributed by atoms with van der Waals surface area (Å²) in [4.78, 5) is 15.4. The number of hydrogen-bond donors (Lipinski definition) is 0. The number of rotatable bonds is 1. The smallest absolute Gasteiger partial charge is 0.168 e. The maximum Gasteiger partial charge on any atom is 0.168 e. The topological polar surface area (TPSA) is 34.4 Å². The van der Waals surface area contributed by atoms with Crippen LogP contribution in [-0.2, 0) is 0 Å². The predicted octanol–water partition coefficient (Wildman–Crippen LogP) is 3.26. The Bertz CT molecular complexity index is 746. The van der Waals surface area contributed by atoms with Crippen molar-refractivity contribution in [3.63, 3.8) is 0 Å². The van der Waals surface area contributed by atoms with Crippen LogP contribution in [0.2, 0.25) is 5.02 Å². The predicted molar refractivity (Wildman–Crippen MR) is 67.8 cm³/mol. The van der Waals surface area contributed by atoms with Crippen LogP contribution in [0.3, 0.4) is 0 Å². The number of aryl methyl sites for hydroxylation is 1. The average molecular weight is 245 g/mol. The minimum Gasteiger partial charge on any atom is -0.297 e. The lowest BCUT2D eigenvalue weighted by atomic mass is 10.2. The molecule has 0 spiro atoms. The average Bonchev–Trinajstić information content (AvgIpc) is 2.64. The maximum absolute atomic E-state index is 11.0. The highest BCUT2D eigenvalue weighted by Crippen LogP contribution is 2.24. The van der Waals surface area contributed by atoms with E-state index in [1.807, 2.05) is 37.4 Å². The monoisotopic (exact) mass is 244 g/mol. The Morgan fingerprint density at radius 1 is 1.35 bits per heavy atom. The van der Waals surface area contributed by atoms with E-state index in [9.17, 15) is 4.79 Å². The summed E-state index contributed by atoms with van der Waals surface area (Å²) in [5.74, 6) is 0. The molecule has 84 valence electrons. The molecule has 3 aromatic rings. The number of carbonyl (C=O) groups is 1. The number of hydrogen-bond acceptors (Lipinski definition) is 2. The van der Waals surface area contributed by atoms with Crippen molar-refractivity contribution in [2.75, 3.05) is 0 Å². The van der Waals surface area contributed by atoms with Gasteiger partial charge in [-0.25, -0.2) is 4.98 Å². The van der Waals surface area contributed by atoms with Gasteiger partial charge in [-0.2, -0.15) is 0 Å². The van der Waals surface area contributed by atoms with Crippen molar-refractivity contribution in [2.24, 2.45) is 0 Å². The molecule has 0 bridgehead atoms. The molecule has 0 unspecified atom stereocenters. The lowest BCUT2D eigenvalue weighted by Gasteiger charge is -2.01. The van der Waals surface area contributed by atoms with Crippen LogP contribution in [0.25, 0.3) is 16.4 Å². The number of fused-ring (bicyclic) bond motifs is 3. The zero-order valence-corrected chi connectivity index (χ0v) is 9.90. The highest BCUT2D eigenvalue weighted by Gasteiger charge is 2.10. The van der Waals surface area contributed by atoms with E-state index in [1.54, 1.807) is 4.40 Å². The number of imidazole rings is 1. The largest absolute Gasteiger partial charge is 0.297 e. The van der Waals surface area contributed by atoms with Crippen LogP contribution >= 0.6 is 11.6 Å². The lowest BCUT2D eigenvalue weighted by molar-refractivity contribution is 0.111. The Balaban J connectivity index is 2.52. The Hall–Kier alpha value is -1.87. The standard InChI is InChI=1S/C13H9ClN2O/c1-8-12(7-17)16-5-4-9-6-10(14)2-3-11(9)13(16)15-8/h2-7H,1H3. The number of aromatic nitrogens is 2. The number of nitrogens with zero attached hydrogens (tertiary/aromatic N) is 2. The van der Waals surface area contributed by atoms with E-state index in [1.165, 1.54) is 0 Å². The van der Waals surface area contributed by atoms with E-state index in [0.717, 1.165) is 28.4 Å². The third kappa shape index (κ3) is 1.43. The molecule has 2 heterocycles. The first-order valence-corrected chi connectivity index (χ1v) is 5.60. The zero-order chi connectivity index (χ0) is 12.0. The summed E-state index contributed by atoms with van der Waals surface area (Å²) >= 11 is 5.95. The van der Waals surface area contributed by atoms with E-state index in [4.69, 9.17) is 11.6 Å². The lowest BCUT2D eigenvalue weighted by Crippen LogP contribution is -1.92. The van der Waals surface area contributed by atoms with Gasteiger partial charge in [0.25, 0.3) is 0 Å². The molecule has 0 saturated carbocycles.